The van der Waals surface area contributed by atoms with Gasteiger partial charge < -0.3 is 15.0 Å². The number of aryl methyl sites for hydroxylation is 1. The van der Waals surface area contributed by atoms with Gasteiger partial charge in [-0.1, -0.05) is 0 Å². The van der Waals surface area contributed by atoms with Gasteiger partial charge in [-0.3, -0.25) is 4.79 Å². The SMILES string of the molecule is COC(=O)CCc1csc(NCCc2cnc[nH]2)n1. The number of H-pyrrole nitrogens is 1. The molecule has 0 spiro atoms. The summed E-state index contributed by atoms with van der Waals surface area (Å²) in [7, 11) is 1.39. The highest BCUT2D eigenvalue weighted by atomic mass is 32.1. The van der Waals surface area contributed by atoms with Crippen LogP contribution in [0.25, 0.3) is 0 Å². The molecule has 19 heavy (non-hydrogen) atoms. The third-order valence-electron chi connectivity index (χ3n) is 2.59. The number of carbonyl (C=O) groups excluding carboxylic acids is 1. The summed E-state index contributed by atoms with van der Waals surface area (Å²) in [5, 5.41) is 6.08. The largest absolute Gasteiger partial charge is 0.469 e. The van der Waals surface area contributed by atoms with Crippen LogP contribution in [0.15, 0.2) is 17.9 Å². The fourth-order valence-electron chi connectivity index (χ4n) is 1.56. The molecular formula is C12H16N4O2S. The number of esters is 1. The Hall–Kier alpha value is -1.89. The molecule has 2 rings (SSSR count). The van der Waals surface area contributed by atoms with Crippen molar-refractivity contribution in [2.24, 2.45) is 0 Å². The molecule has 0 aliphatic carbocycles. The van der Waals surface area contributed by atoms with Crippen molar-refractivity contribution >= 4 is 22.4 Å². The van der Waals surface area contributed by atoms with E-state index in [0.29, 0.717) is 12.8 Å². The van der Waals surface area contributed by atoms with Crippen LogP contribution in [0.4, 0.5) is 5.13 Å². The highest BCUT2D eigenvalue weighted by molar-refractivity contribution is 7.13. The maximum absolute atomic E-state index is 11.0. The monoisotopic (exact) mass is 280 g/mol. The number of carbonyl (C=O) groups is 1. The van der Waals surface area contributed by atoms with Gasteiger partial charge in [0, 0.05) is 36.7 Å². The number of rotatable bonds is 7. The van der Waals surface area contributed by atoms with Gasteiger partial charge in [-0.15, -0.1) is 11.3 Å². The molecule has 0 atom stereocenters. The van der Waals surface area contributed by atoms with Crippen LogP contribution >= 0.6 is 11.3 Å². The fourth-order valence-corrected chi connectivity index (χ4v) is 2.33. The molecule has 0 saturated heterocycles. The van der Waals surface area contributed by atoms with Gasteiger partial charge in [0.05, 0.1) is 25.6 Å². The van der Waals surface area contributed by atoms with E-state index in [1.165, 1.54) is 7.11 Å². The van der Waals surface area contributed by atoms with E-state index >= 15 is 0 Å². The molecule has 0 amide bonds. The van der Waals surface area contributed by atoms with E-state index in [0.717, 1.165) is 29.5 Å². The smallest absolute Gasteiger partial charge is 0.305 e. The minimum atomic E-state index is -0.207. The van der Waals surface area contributed by atoms with Crippen molar-refractivity contribution in [2.45, 2.75) is 19.3 Å². The van der Waals surface area contributed by atoms with Gasteiger partial charge in [0.1, 0.15) is 0 Å². The number of nitrogens with one attached hydrogen (secondary N) is 2. The Kier molecular flexibility index (Phi) is 4.91. The lowest BCUT2D eigenvalue weighted by Crippen LogP contribution is -2.05. The minimum Gasteiger partial charge on any atom is -0.469 e. The molecule has 2 N–H and O–H groups in total. The number of hydrogen-bond acceptors (Lipinski definition) is 6. The van der Waals surface area contributed by atoms with Crippen LogP contribution in [0.3, 0.4) is 0 Å². The Balaban J connectivity index is 1.73. The lowest BCUT2D eigenvalue weighted by molar-refractivity contribution is -0.140. The van der Waals surface area contributed by atoms with Crippen molar-refractivity contribution < 1.29 is 9.53 Å². The lowest BCUT2D eigenvalue weighted by Gasteiger charge is -2.00. The van der Waals surface area contributed by atoms with Crippen LogP contribution in [-0.2, 0) is 22.4 Å². The van der Waals surface area contributed by atoms with Crippen LogP contribution < -0.4 is 5.32 Å². The number of methoxy groups -OCH3 is 1. The summed E-state index contributed by atoms with van der Waals surface area (Å²) in [4.78, 5) is 22.4. The Bertz CT molecular complexity index is 510. The minimum absolute atomic E-state index is 0.207. The average Bonchev–Trinajstić information content (AvgIpc) is 3.07. The van der Waals surface area contributed by atoms with E-state index in [4.69, 9.17) is 0 Å². The molecule has 0 aromatic carbocycles. The van der Waals surface area contributed by atoms with Crippen molar-refractivity contribution in [3.63, 3.8) is 0 Å². The summed E-state index contributed by atoms with van der Waals surface area (Å²) >= 11 is 1.55. The first-order chi connectivity index (χ1) is 9.28. The maximum Gasteiger partial charge on any atom is 0.305 e. The molecule has 0 aliphatic heterocycles. The first-order valence-corrected chi connectivity index (χ1v) is 6.88. The third kappa shape index (κ3) is 4.36. The molecule has 0 aliphatic rings. The van der Waals surface area contributed by atoms with E-state index in [-0.39, 0.29) is 5.97 Å². The number of ether oxygens (including phenoxy) is 1. The standard InChI is InChI=1S/C12H16N4O2S/c1-18-11(17)3-2-10-7-19-12(16-10)14-5-4-9-6-13-8-15-9/h6-8H,2-5H2,1H3,(H,13,15)(H,14,16). The second-order valence-electron chi connectivity index (χ2n) is 3.97. The zero-order valence-electron chi connectivity index (χ0n) is 10.7. The zero-order valence-corrected chi connectivity index (χ0v) is 11.5. The van der Waals surface area contributed by atoms with Crippen molar-refractivity contribution in [3.8, 4) is 0 Å². The summed E-state index contributed by atoms with van der Waals surface area (Å²) in [6.07, 6.45) is 5.34. The number of imidazole rings is 1. The van der Waals surface area contributed by atoms with Crippen LogP contribution in [0.5, 0.6) is 0 Å². The molecule has 7 heteroatoms. The second kappa shape index (κ2) is 6.89. The summed E-state index contributed by atoms with van der Waals surface area (Å²) in [5.41, 5.74) is 2.01. The average molecular weight is 280 g/mol. The molecule has 0 unspecified atom stereocenters. The Labute approximate surface area is 115 Å². The number of nitrogens with zero attached hydrogens (tertiary/aromatic N) is 2. The van der Waals surface area contributed by atoms with Crippen molar-refractivity contribution in [1.82, 2.24) is 15.0 Å². The molecule has 0 radical (unpaired) electrons. The molecule has 0 fully saturated rings. The summed E-state index contributed by atoms with van der Waals surface area (Å²) in [6.45, 7) is 0.798. The lowest BCUT2D eigenvalue weighted by atomic mass is 10.2. The number of thiazole rings is 1. The maximum atomic E-state index is 11.0. The Morgan fingerprint density at radius 1 is 1.53 bits per heavy atom. The topological polar surface area (TPSA) is 79.9 Å². The Morgan fingerprint density at radius 2 is 2.42 bits per heavy atom. The first-order valence-electron chi connectivity index (χ1n) is 6.00. The molecule has 0 bridgehead atoms. The second-order valence-corrected chi connectivity index (χ2v) is 4.83. The fraction of sp³-hybridized carbons (Fsp3) is 0.417. The van der Waals surface area contributed by atoms with E-state index in [2.05, 4.69) is 25.0 Å². The molecular weight excluding hydrogens is 264 g/mol. The van der Waals surface area contributed by atoms with Crippen LogP contribution in [-0.4, -0.2) is 34.6 Å². The summed E-state index contributed by atoms with van der Waals surface area (Å²) in [6, 6.07) is 0. The van der Waals surface area contributed by atoms with Gasteiger partial charge in [0.2, 0.25) is 0 Å². The third-order valence-corrected chi connectivity index (χ3v) is 3.44. The van der Waals surface area contributed by atoms with Crippen LogP contribution in [0.2, 0.25) is 0 Å². The normalized spacial score (nSPS) is 10.4. The first kappa shape index (κ1) is 13.5. The van der Waals surface area contributed by atoms with Crippen LogP contribution in [0, 0.1) is 0 Å². The molecule has 2 heterocycles. The quantitative estimate of drug-likeness (QED) is 0.753. The van der Waals surface area contributed by atoms with Gasteiger partial charge in [0.15, 0.2) is 5.13 Å². The summed E-state index contributed by atoms with van der Waals surface area (Å²) < 4.78 is 4.60. The molecule has 0 saturated carbocycles. The van der Waals surface area contributed by atoms with Gasteiger partial charge in [-0.25, -0.2) is 9.97 Å². The van der Waals surface area contributed by atoms with Gasteiger partial charge in [0.25, 0.3) is 0 Å². The van der Waals surface area contributed by atoms with Gasteiger partial charge >= 0.3 is 5.97 Å². The predicted molar refractivity (Wildman–Crippen MR) is 73.2 cm³/mol. The molecule has 2 aromatic rings. The zero-order chi connectivity index (χ0) is 13.5. The molecule has 2 aromatic heterocycles. The van der Waals surface area contributed by atoms with Crippen molar-refractivity contribution in [3.05, 3.63) is 29.3 Å². The van der Waals surface area contributed by atoms with Gasteiger partial charge in [-0.2, -0.15) is 0 Å². The van der Waals surface area contributed by atoms with Crippen molar-refractivity contribution in [2.75, 3.05) is 19.0 Å². The van der Waals surface area contributed by atoms with Gasteiger partial charge in [-0.05, 0) is 0 Å². The van der Waals surface area contributed by atoms with E-state index in [9.17, 15) is 4.79 Å². The van der Waals surface area contributed by atoms with E-state index < -0.39 is 0 Å². The number of aromatic nitrogens is 3. The van der Waals surface area contributed by atoms with E-state index in [1.54, 1.807) is 17.7 Å². The molecule has 6 nitrogen and oxygen atoms in total. The predicted octanol–water partition coefficient (Wildman–Crippen LogP) is 1.63. The highest BCUT2D eigenvalue weighted by Gasteiger charge is 2.05. The van der Waals surface area contributed by atoms with E-state index in [1.807, 2.05) is 11.6 Å². The molecule has 102 valence electrons. The number of aromatic amines is 1. The highest BCUT2D eigenvalue weighted by Crippen LogP contribution is 2.16. The Morgan fingerprint density at radius 3 is 3.16 bits per heavy atom. The van der Waals surface area contributed by atoms with Crippen molar-refractivity contribution in [1.29, 1.82) is 0 Å². The number of hydrogen-bond donors (Lipinski definition) is 2. The number of anilines is 1. The van der Waals surface area contributed by atoms with Crippen LogP contribution in [0.1, 0.15) is 17.8 Å². The summed E-state index contributed by atoms with van der Waals surface area (Å²) in [5.74, 6) is -0.207.